The summed E-state index contributed by atoms with van der Waals surface area (Å²) in [5, 5.41) is 8.48. The van der Waals surface area contributed by atoms with Crippen LogP contribution in [0.25, 0.3) is 0 Å². The molecule has 7 heteroatoms. The zero-order chi connectivity index (χ0) is 19.6. The van der Waals surface area contributed by atoms with Gasteiger partial charge in [0.2, 0.25) is 17.7 Å². The number of benzene rings is 1. The lowest BCUT2D eigenvalue weighted by molar-refractivity contribution is -0.138. The maximum absolute atomic E-state index is 12.5. The summed E-state index contributed by atoms with van der Waals surface area (Å²) in [4.78, 5) is 16.9. The van der Waals surface area contributed by atoms with Gasteiger partial charge in [0.1, 0.15) is 6.61 Å². The van der Waals surface area contributed by atoms with Crippen molar-refractivity contribution in [1.29, 1.82) is 0 Å². The molecule has 7 nitrogen and oxygen atoms in total. The molecule has 0 saturated carbocycles. The summed E-state index contributed by atoms with van der Waals surface area (Å²) in [7, 11) is 0. The molecule has 2 aromatic rings. The Bertz CT molecular complexity index is 809. The molecule has 0 bridgehead atoms. The van der Waals surface area contributed by atoms with Gasteiger partial charge in [-0.15, -0.1) is 10.2 Å². The minimum absolute atomic E-state index is 0.0682. The topological polar surface area (TPSA) is 71.7 Å². The molecule has 1 amide bonds. The van der Waals surface area contributed by atoms with Crippen LogP contribution in [-0.2, 0) is 21.5 Å². The van der Waals surface area contributed by atoms with Crippen molar-refractivity contribution in [3.05, 3.63) is 47.7 Å². The Morgan fingerprint density at radius 3 is 2.82 bits per heavy atom. The second-order valence-electron chi connectivity index (χ2n) is 7.86. The molecule has 2 aliphatic rings. The van der Waals surface area contributed by atoms with Gasteiger partial charge in [-0.25, -0.2) is 0 Å². The van der Waals surface area contributed by atoms with Crippen molar-refractivity contribution in [3.63, 3.8) is 0 Å². The molecule has 0 N–H and O–H groups in total. The van der Waals surface area contributed by atoms with Crippen molar-refractivity contribution in [2.24, 2.45) is 5.92 Å². The molecule has 0 spiro atoms. The Morgan fingerprint density at radius 1 is 1.29 bits per heavy atom. The van der Waals surface area contributed by atoms with Crippen molar-refractivity contribution in [2.75, 3.05) is 39.4 Å². The summed E-state index contributed by atoms with van der Waals surface area (Å²) in [6.45, 7) is 8.53. The third-order valence-electron chi connectivity index (χ3n) is 6.02. The third-order valence-corrected chi connectivity index (χ3v) is 6.02. The fraction of sp³-hybridized carbons (Fsp3) is 0.571. The molecule has 150 valence electrons. The number of fused-ring (bicyclic) bond motifs is 1. The maximum atomic E-state index is 12.5. The normalized spacial score (nSPS) is 25.1. The lowest BCUT2D eigenvalue weighted by atomic mass is 9.72. The van der Waals surface area contributed by atoms with Gasteiger partial charge in [-0.3, -0.25) is 9.69 Å². The average Bonchev–Trinajstić information content (AvgIpc) is 3.30. The molecule has 2 atom stereocenters. The Kier molecular flexibility index (Phi) is 5.46. The zero-order valence-electron chi connectivity index (χ0n) is 16.6. The molecule has 0 unspecified atom stereocenters. The summed E-state index contributed by atoms with van der Waals surface area (Å²) >= 11 is 0. The molecule has 2 fully saturated rings. The van der Waals surface area contributed by atoms with Crippen LogP contribution in [0.2, 0.25) is 0 Å². The van der Waals surface area contributed by atoms with E-state index >= 15 is 0 Å². The van der Waals surface area contributed by atoms with Gasteiger partial charge in [-0.05, 0) is 18.9 Å². The number of aromatic nitrogens is 2. The van der Waals surface area contributed by atoms with Gasteiger partial charge >= 0.3 is 0 Å². The highest BCUT2D eigenvalue weighted by atomic mass is 16.5. The van der Waals surface area contributed by atoms with Gasteiger partial charge in [-0.2, -0.15) is 0 Å². The number of piperidine rings is 1. The van der Waals surface area contributed by atoms with Crippen LogP contribution in [0.4, 0.5) is 0 Å². The molecule has 0 radical (unpaired) electrons. The smallest absolute Gasteiger partial charge is 0.248 e. The summed E-state index contributed by atoms with van der Waals surface area (Å²) in [6, 6.07) is 10.5. The van der Waals surface area contributed by atoms with E-state index in [1.54, 1.807) is 0 Å². The first-order valence-corrected chi connectivity index (χ1v) is 10.0. The van der Waals surface area contributed by atoms with Gasteiger partial charge in [0, 0.05) is 52.2 Å². The predicted molar refractivity (Wildman–Crippen MR) is 104 cm³/mol. The number of likely N-dealkylation sites (tertiary alicyclic amines) is 2. The fourth-order valence-corrected chi connectivity index (χ4v) is 4.60. The zero-order valence-corrected chi connectivity index (χ0v) is 16.6. The van der Waals surface area contributed by atoms with Gasteiger partial charge in [0.15, 0.2) is 0 Å². The number of hydrogen-bond acceptors (Lipinski definition) is 6. The highest BCUT2D eigenvalue weighted by Gasteiger charge is 2.54. The van der Waals surface area contributed by atoms with Gasteiger partial charge in [0.05, 0.1) is 5.41 Å². The van der Waals surface area contributed by atoms with Crippen molar-refractivity contribution < 1.29 is 13.9 Å². The summed E-state index contributed by atoms with van der Waals surface area (Å²) in [5.74, 6) is 1.66. The minimum atomic E-state index is -0.182. The molecule has 3 heterocycles. The first-order valence-electron chi connectivity index (χ1n) is 10.0. The molecule has 1 aromatic heterocycles. The number of rotatable bonds is 6. The second kappa shape index (κ2) is 8.01. The quantitative estimate of drug-likeness (QED) is 0.759. The molecule has 0 aliphatic carbocycles. The SMILES string of the molecule is CCOCC(=O)N1CC[C@]2(c3nnc(C)o3)CN(Cc3ccccc3)C[C@@H]2C1. The maximum Gasteiger partial charge on any atom is 0.248 e. The standard InChI is InChI=1S/C21H28N4O3/c1-3-27-14-19(26)25-10-9-21(20-23-22-16(2)28-20)15-24(12-18(21)13-25)11-17-7-5-4-6-8-17/h4-8,18H,3,9-15H2,1-2H3/t18-,21+/m1/s1. The van der Waals surface area contributed by atoms with E-state index in [0.29, 0.717) is 25.6 Å². The molecule has 1 aromatic carbocycles. The Labute approximate surface area is 165 Å². The number of ether oxygens (including phenoxy) is 1. The van der Waals surface area contributed by atoms with Crippen molar-refractivity contribution in [3.8, 4) is 0 Å². The number of amides is 1. The van der Waals surface area contributed by atoms with E-state index in [4.69, 9.17) is 9.15 Å². The first-order chi connectivity index (χ1) is 13.6. The van der Waals surface area contributed by atoms with Gasteiger partial charge in [-0.1, -0.05) is 30.3 Å². The summed E-state index contributed by atoms with van der Waals surface area (Å²) < 4.78 is 11.2. The van der Waals surface area contributed by atoms with E-state index in [-0.39, 0.29) is 23.8 Å². The lowest BCUT2D eigenvalue weighted by Gasteiger charge is -2.41. The second-order valence-corrected chi connectivity index (χ2v) is 7.86. The van der Waals surface area contributed by atoms with E-state index in [2.05, 4.69) is 39.4 Å². The highest BCUT2D eigenvalue weighted by molar-refractivity contribution is 5.77. The van der Waals surface area contributed by atoms with E-state index in [0.717, 1.165) is 31.9 Å². The van der Waals surface area contributed by atoms with Crippen molar-refractivity contribution in [1.82, 2.24) is 20.0 Å². The molecular weight excluding hydrogens is 356 g/mol. The predicted octanol–water partition coefficient (Wildman–Crippen LogP) is 2.02. The van der Waals surface area contributed by atoms with Crippen molar-refractivity contribution >= 4 is 5.91 Å². The minimum Gasteiger partial charge on any atom is -0.425 e. The number of hydrogen-bond donors (Lipinski definition) is 0. The van der Waals surface area contributed by atoms with E-state index < -0.39 is 0 Å². The molecular formula is C21H28N4O3. The van der Waals surface area contributed by atoms with Crippen LogP contribution in [0.1, 0.15) is 30.7 Å². The lowest BCUT2D eigenvalue weighted by Crippen LogP contribution is -2.52. The molecule has 2 saturated heterocycles. The largest absolute Gasteiger partial charge is 0.425 e. The molecule has 28 heavy (non-hydrogen) atoms. The third kappa shape index (κ3) is 3.69. The highest BCUT2D eigenvalue weighted by Crippen LogP contribution is 2.45. The van der Waals surface area contributed by atoms with Crippen LogP contribution in [0.15, 0.2) is 34.7 Å². The van der Waals surface area contributed by atoms with E-state index in [1.165, 1.54) is 5.56 Å². The van der Waals surface area contributed by atoms with E-state index in [1.807, 2.05) is 24.8 Å². The van der Waals surface area contributed by atoms with Gasteiger partial charge in [0.25, 0.3) is 0 Å². The van der Waals surface area contributed by atoms with Crippen LogP contribution >= 0.6 is 0 Å². The molecule has 4 rings (SSSR count). The number of aryl methyl sites for hydroxylation is 1. The number of nitrogens with zero attached hydrogens (tertiary/aromatic N) is 4. The van der Waals surface area contributed by atoms with Crippen LogP contribution in [0.5, 0.6) is 0 Å². The van der Waals surface area contributed by atoms with E-state index in [9.17, 15) is 4.79 Å². The number of carbonyl (C=O) groups excluding carboxylic acids is 1. The average molecular weight is 384 g/mol. The van der Waals surface area contributed by atoms with Gasteiger partial charge < -0.3 is 14.1 Å². The number of carbonyl (C=O) groups is 1. The van der Waals surface area contributed by atoms with Crippen LogP contribution in [0, 0.1) is 12.8 Å². The van der Waals surface area contributed by atoms with Crippen LogP contribution < -0.4 is 0 Å². The summed E-state index contributed by atoms with van der Waals surface area (Å²) in [5.41, 5.74) is 1.11. The first kappa shape index (κ1) is 19.1. The Morgan fingerprint density at radius 2 is 2.11 bits per heavy atom. The molecule has 2 aliphatic heterocycles. The van der Waals surface area contributed by atoms with Crippen LogP contribution in [0.3, 0.4) is 0 Å². The Balaban J connectivity index is 1.54. The van der Waals surface area contributed by atoms with Crippen molar-refractivity contribution in [2.45, 2.75) is 32.2 Å². The monoisotopic (exact) mass is 384 g/mol. The Hall–Kier alpha value is -2.25. The summed E-state index contributed by atoms with van der Waals surface area (Å²) in [6.07, 6.45) is 0.836. The van der Waals surface area contributed by atoms with Crippen LogP contribution in [-0.4, -0.2) is 65.3 Å². The fourth-order valence-electron chi connectivity index (χ4n) is 4.60.